The van der Waals surface area contributed by atoms with E-state index in [1.54, 1.807) is 0 Å². The molecule has 0 spiro atoms. The molecule has 26 heavy (non-hydrogen) atoms. The first-order valence-corrected chi connectivity index (χ1v) is 22.4. The van der Waals surface area contributed by atoms with Crippen molar-refractivity contribution in [2.75, 3.05) is 0 Å². The monoisotopic (exact) mass is 436 g/mol. The van der Waals surface area contributed by atoms with Crippen LogP contribution in [0.2, 0.25) is 78.6 Å². The largest absolute Gasteiger partial charge is 0.537 e. The summed E-state index contributed by atoms with van der Waals surface area (Å²) >= 11 is 0. The second kappa shape index (κ2) is 8.44. The molecule has 0 rings (SSSR count). The topological polar surface area (TPSA) is 71.1 Å². The summed E-state index contributed by atoms with van der Waals surface area (Å²) in [6, 6.07) is 0. The van der Waals surface area contributed by atoms with Crippen molar-refractivity contribution in [3.05, 3.63) is 11.5 Å². The van der Waals surface area contributed by atoms with Crippen LogP contribution in [0.1, 0.15) is 0 Å². The van der Waals surface area contributed by atoms with E-state index >= 15 is 0 Å². The number of carbonyl (C=O) groups is 2. The van der Waals surface area contributed by atoms with Crippen LogP contribution in [0, 0.1) is 0 Å². The fraction of sp³-hybridized carbons (Fsp3) is 0.750. The van der Waals surface area contributed by atoms with Crippen molar-refractivity contribution in [3.63, 3.8) is 0 Å². The third-order valence-corrected chi connectivity index (χ3v) is 5.42. The molecule has 0 aromatic carbocycles. The minimum atomic E-state index is -2.21. The number of hydrogen-bond acceptors (Lipinski definition) is 6. The molecule has 0 aromatic heterocycles. The van der Waals surface area contributed by atoms with Gasteiger partial charge in [-0.2, -0.15) is 0 Å². The molecule has 0 saturated heterocycles. The predicted molar refractivity (Wildman–Crippen MR) is 115 cm³/mol. The van der Waals surface area contributed by atoms with Crippen LogP contribution in [0.25, 0.3) is 0 Å². The van der Waals surface area contributed by atoms with Crippen LogP contribution >= 0.6 is 0 Å². The van der Waals surface area contributed by atoms with Gasteiger partial charge in [-0.15, -0.1) is 0 Å². The maximum absolute atomic E-state index is 12.8. The van der Waals surface area contributed by atoms with Gasteiger partial charge in [-0.1, -0.05) is 0 Å². The molecule has 0 aliphatic heterocycles. The van der Waals surface area contributed by atoms with Gasteiger partial charge in [0.25, 0.3) is 0 Å². The lowest BCUT2D eigenvalue weighted by Gasteiger charge is -2.29. The average molecular weight is 437 g/mol. The smallest absolute Gasteiger partial charge is 0.363 e. The molecule has 10 heteroatoms. The molecule has 0 aromatic rings. The molecule has 0 saturated carbocycles. The summed E-state index contributed by atoms with van der Waals surface area (Å²) in [6.07, 6.45) is 0. The van der Waals surface area contributed by atoms with Gasteiger partial charge >= 0.3 is 11.9 Å². The van der Waals surface area contributed by atoms with Crippen molar-refractivity contribution in [3.8, 4) is 0 Å². The molecule has 0 unspecified atom stereocenters. The van der Waals surface area contributed by atoms with Gasteiger partial charge in [-0.25, -0.2) is 9.59 Å². The molecule has 0 aliphatic carbocycles. The van der Waals surface area contributed by atoms with E-state index in [2.05, 4.69) is 0 Å². The Kier molecular flexibility index (Phi) is 8.17. The highest BCUT2D eigenvalue weighted by Gasteiger charge is 2.37. The summed E-state index contributed by atoms with van der Waals surface area (Å²) < 4.78 is 23.1. The maximum Gasteiger partial charge on any atom is 0.363 e. The van der Waals surface area contributed by atoms with Crippen LogP contribution in [-0.2, 0) is 27.3 Å². The van der Waals surface area contributed by atoms with Crippen LogP contribution in [-0.4, -0.2) is 45.2 Å². The lowest BCUT2D eigenvalue weighted by molar-refractivity contribution is -0.138. The minimum Gasteiger partial charge on any atom is -0.537 e. The van der Waals surface area contributed by atoms with Gasteiger partial charge in [-0.05, 0) is 78.6 Å². The van der Waals surface area contributed by atoms with E-state index in [1.807, 2.05) is 78.6 Å². The minimum absolute atomic E-state index is 0.141. The van der Waals surface area contributed by atoms with Crippen LogP contribution in [0.3, 0.4) is 0 Å². The first-order valence-electron chi connectivity index (χ1n) is 8.79. The van der Waals surface area contributed by atoms with E-state index in [0.717, 1.165) is 0 Å². The predicted octanol–water partition coefficient (Wildman–Crippen LogP) is 4.66. The highest BCUT2D eigenvalue weighted by Crippen LogP contribution is 2.24. The normalized spacial score (nSPS) is 14.3. The Morgan fingerprint density at radius 3 is 0.769 bits per heavy atom. The Labute approximate surface area is 162 Å². The third-order valence-electron chi connectivity index (χ3n) is 2.19. The summed E-state index contributed by atoms with van der Waals surface area (Å²) in [6.45, 7) is 23.0. The second-order valence-electron chi connectivity index (χ2n) is 10.1. The first-order chi connectivity index (χ1) is 11.2. The number of carbonyl (C=O) groups excluding carboxylic acids is 2. The zero-order valence-corrected chi connectivity index (χ0v) is 22.4. The molecule has 0 bridgehead atoms. The molecule has 0 N–H and O–H groups in total. The Balaban J connectivity index is 6.30. The summed E-state index contributed by atoms with van der Waals surface area (Å²) in [5, 5.41) is 0. The van der Waals surface area contributed by atoms with Gasteiger partial charge in [0.05, 0.1) is 0 Å². The van der Waals surface area contributed by atoms with E-state index in [4.69, 9.17) is 17.7 Å². The molecule has 0 aliphatic rings. The molecule has 0 atom stereocenters. The van der Waals surface area contributed by atoms with E-state index in [1.165, 1.54) is 0 Å². The van der Waals surface area contributed by atoms with Crippen molar-refractivity contribution in [1.29, 1.82) is 0 Å². The van der Waals surface area contributed by atoms with E-state index < -0.39 is 45.2 Å². The lowest BCUT2D eigenvalue weighted by Crippen LogP contribution is -2.39. The summed E-state index contributed by atoms with van der Waals surface area (Å²) in [5.41, 5.74) is 0. The molecular weight excluding hydrogens is 401 g/mol. The summed E-state index contributed by atoms with van der Waals surface area (Å²) in [4.78, 5) is 25.6. The van der Waals surface area contributed by atoms with E-state index in [9.17, 15) is 9.59 Å². The zero-order chi connectivity index (χ0) is 21.1. The first kappa shape index (κ1) is 25.1. The van der Waals surface area contributed by atoms with Crippen molar-refractivity contribution in [2.45, 2.75) is 78.6 Å². The molecule has 0 heterocycles. The third kappa shape index (κ3) is 11.7. The molecule has 6 nitrogen and oxygen atoms in total. The Bertz CT molecular complexity index is 509. The second-order valence-corrected chi connectivity index (χ2v) is 27.8. The highest BCUT2D eigenvalue weighted by molar-refractivity contribution is 6.73. The van der Waals surface area contributed by atoms with Crippen molar-refractivity contribution < 1.29 is 27.3 Å². The standard InChI is InChI=1S/C16H36O6Si4/c1-23(2,3)19-13(15(17)21-25(7,8)9)14(20-24(4,5)6)16(18)22-26(10,11)12/h1-12H3/b14-13-. The molecule has 0 radical (unpaired) electrons. The molecule has 0 fully saturated rings. The van der Waals surface area contributed by atoms with Crippen LogP contribution in [0.4, 0.5) is 0 Å². The Hall–Kier alpha value is -0.852. The SMILES string of the molecule is C[Si](C)(C)OC(=O)/C(O[Si](C)(C)C)=C(/O[Si](C)(C)C)C(=O)O[Si](C)(C)C. The summed E-state index contributed by atoms with van der Waals surface area (Å²) in [5.74, 6) is -1.57. The quantitative estimate of drug-likeness (QED) is 0.313. The van der Waals surface area contributed by atoms with Crippen molar-refractivity contribution in [1.82, 2.24) is 0 Å². The fourth-order valence-electron chi connectivity index (χ4n) is 1.62. The van der Waals surface area contributed by atoms with Crippen molar-refractivity contribution in [2.24, 2.45) is 0 Å². The zero-order valence-electron chi connectivity index (χ0n) is 18.4. The highest BCUT2D eigenvalue weighted by atomic mass is 28.4. The molecular formula is C16H36O6Si4. The van der Waals surface area contributed by atoms with Crippen molar-refractivity contribution >= 4 is 45.2 Å². The molecule has 0 amide bonds. The lowest BCUT2D eigenvalue weighted by atomic mass is 10.4. The van der Waals surface area contributed by atoms with E-state index in [-0.39, 0.29) is 11.5 Å². The van der Waals surface area contributed by atoms with Gasteiger partial charge in [0.2, 0.25) is 44.8 Å². The van der Waals surface area contributed by atoms with Crippen LogP contribution in [0.15, 0.2) is 11.5 Å². The van der Waals surface area contributed by atoms with Gasteiger partial charge in [-0.3, -0.25) is 0 Å². The van der Waals surface area contributed by atoms with Gasteiger partial charge in [0.1, 0.15) is 0 Å². The number of hydrogen-bond donors (Lipinski definition) is 0. The maximum atomic E-state index is 12.8. The van der Waals surface area contributed by atoms with Crippen LogP contribution in [0.5, 0.6) is 0 Å². The van der Waals surface area contributed by atoms with Gasteiger partial charge < -0.3 is 17.7 Å². The average Bonchev–Trinajstić information content (AvgIpc) is 2.26. The summed E-state index contributed by atoms with van der Waals surface area (Å²) in [7, 11) is -8.77. The number of rotatable bonds is 8. The fourth-order valence-corrected chi connectivity index (χ4v) is 4.50. The Morgan fingerprint density at radius 1 is 0.423 bits per heavy atom. The molecule has 152 valence electrons. The van der Waals surface area contributed by atoms with Crippen LogP contribution < -0.4 is 0 Å². The van der Waals surface area contributed by atoms with Gasteiger partial charge in [0, 0.05) is 0 Å². The Morgan fingerprint density at radius 2 is 0.615 bits per heavy atom. The van der Waals surface area contributed by atoms with E-state index in [0.29, 0.717) is 0 Å². The van der Waals surface area contributed by atoms with Gasteiger partial charge in [0.15, 0.2) is 0 Å².